The van der Waals surface area contributed by atoms with Crippen molar-refractivity contribution in [3.8, 4) is 0 Å². The van der Waals surface area contributed by atoms with Crippen LogP contribution in [0.1, 0.15) is 5.76 Å². The van der Waals surface area contributed by atoms with Gasteiger partial charge in [-0.3, -0.25) is 4.72 Å². The molecule has 5 nitrogen and oxygen atoms in total. The predicted molar refractivity (Wildman–Crippen MR) is 79.2 cm³/mol. The monoisotopic (exact) mass is 426 g/mol. The van der Waals surface area contributed by atoms with E-state index in [1.807, 2.05) is 0 Å². The molecule has 1 heterocycles. The molecular formula is C11H9Br2FN2O3S. The molecule has 0 aliphatic carbocycles. The predicted octanol–water partition coefficient (Wildman–Crippen LogP) is 3.20. The molecular weight excluding hydrogens is 419 g/mol. The average molecular weight is 428 g/mol. The Morgan fingerprint density at radius 1 is 1.30 bits per heavy atom. The second-order valence-corrected chi connectivity index (χ2v) is 7.01. The standard InChI is InChI=1S/C11H9Br2FN2O3S/c12-8-3-6(1-2-9(8)14)16-20(17,18)10-4-7(5-15)19-11(10)13/h1-4,16H,5,15H2. The maximum absolute atomic E-state index is 13.1. The lowest BCUT2D eigenvalue weighted by Crippen LogP contribution is -2.12. The minimum atomic E-state index is -3.85. The molecule has 0 aliphatic heterocycles. The number of hydrogen-bond donors (Lipinski definition) is 2. The summed E-state index contributed by atoms with van der Waals surface area (Å²) in [6.07, 6.45) is 0. The highest BCUT2D eigenvalue weighted by molar-refractivity contribution is 9.10. The zero-order valence-electron chi connectivity index (χ0n) is 9.86. The lowest BCUT2D eigenvalue weighted by Gasteiger charge is -2.07. The Bertz CT molecular complexity index is 746. The molecule has 9 heteroatoms. The second kappa shape index (κ2) is 5.84. The number of anilines is 1. The zero-order valence-corrected chi connectivity index (χ0v) is 13.8. The smallest absolute Gasteiger partial charge is 0.266 e. The van der Waals surface area contributed by atoms with E-state index in [0.717, 1.165) is 6.07 Å². The van der Waals surface area contributed by atoms with Crippen LogP contribution in [0.5, 0.6) is 0 Å². The highest BCUT2D eigenvalue weighted by Gasteiger charge is 2.22. The second-order valence-electron chi connectivity index (χ2n) is 3.79. The molecule has 1 aromatic heterocycles. The fourth-order valence-corrected chi connectivity index (χ4v) is 3.88. The fourth-order valence-electron chi connectivity index (χ4n) is 1.45. The number of sulfonamides is 1. The van der Waals surface area contributed by atoms with E-state index in [1.54, 1.807) is 0 Å². The van der Waals surface area contributed by atoms with Crippen molar-refractivity contribution in [3.63, 3.8) is 0 Å². The average Bonchev–Trinajstić information content (AvgIpc) is 2.76. The van der Waals surface area contributed by atoms with E-state index in [0.29, 0.717) is 5.76 Å². The van der Waals surface area contributed by atoms with Crippen LogP contribution < -0.4 is 10.5 Å². The van der Waals surface area contributed by atoms with Gasteiger partial charge in [0.25, 0.3) is 10.0 Å². The number of benzene rings is 1. The third kappa shape index (κ3) is 3.22. The Hall–Kier alpha value is -0.900. The number of hydrogen-bond acceptors (Lipinski definition) is 4. The Balaban J connectivity index is 2.35. The number of nitrogens with one attached hydrogen (secondary N) is 1. The molecule has 0 spiro atoms. The third-order valence-electron chi connectivity index (χ3n) is 2.37. The summed E-state index contributed by atoms with van der Waals surface area (Å²) in [6, 6.07) is 5.11. The van der Waals surface area contributed by atoms with Crippen LogP contribution >= 0.6 is 31.9 Å². The fraction of sp³-hybridized carbons (Fsp3) is 0.0909. The summed E-state index contributed by atoms with van der Waals surface area (Å²) in [5.41, 5.74) is 5.61. The molecule has 3 N–H and O–H groups in total. The van der Waals surface area contributed by atoms with Gasteiger partial charge in [0.05, 0.1) is 16.7 Å². The molecule has 1 aromatic carbocycles. The van der Waals surface area contributed by atoms with Gasteiger partial charge in [-0.25, -0.2) is 12.8 Å². The Morgan fingerprint density at radius 2 is 2.00 bits per heavy atom. The quantitative estimate of drug-likeness (QED) is 0.784. The molecule has 0 saturated carbocycles. The maximum atomic E-state index is 13.1. The first-order valence-electron chi connectivity index (χ1n) is 5.29. The number of rotatable bonds is 4. The molecule has 0 bridgehead atoms. The van der Waals surface area contributed by atoms with Gasteiger partial charge in [0.15, 0.2) is 4.67 Å². The van der Waals surface area contributed by atoms with Crippen molar-refractivity contribution in [2.45, 2.75) is 11.4 Å². The van der Waals surface area contributed by atoms with Crippen LogP contribution in [0.2, 0.25) is 0 Å². The van der Waals surface area contributed by atoms with Crippen LogP contribution in [0.15, 0.2) is 42.7 Å². The molecule has 0 radical (unpaired) electrons. The van der Waals surface area contributed by atoms with Gasteiger partial charge in [-0.1, -0.05) is 0 Å². The number of furan rings is 1. The van der Waals surface area contributed by atoms with E-state index < -0.39 is 15.8 Å². The molecule has 0 saturated heterocycles. The van der Waals surface area contributed by atoms with Crippen molar-refractivity contribution >= 4 is 47.6 Å². The van der Waals surface area contributed by atoms with E-state index in [4.69, 9.17) is 10.2 Å². The topological polar surface area (TPSA) is 85.3 Å². The van der Waals surface area contributed by atoms with Gasteiger partial charge in [-0.2, -0.15) is 0 Å². The van der Waals surface area contributed by atoms with E-state index in [9.17, 15) is 12.8 Å². The summed E-state index contributed by atoms with van der Waals surface area (Å²) in [6.45, 7) is 0.0796. The van der Waals surface area contributed by atoms with Gasteiger partial charge >= 0.3 is 0 Å². The van der Waals surface area contributed by atoms with Gasteiger partial charge in [-0.05, 0) is 50.1 Å². The molecule has 2 rings (SSSR count). The van der Waals surface area contributed by atoms with Crippen molar-refractivity contribution in [2.75, 3.05) is 4.72 Å². The van der Waals surface area contributed by atoms with Gasteiger partial charge in [0.2, 0.25) is 0 Å². The van der Waals surface area contributed by atoms with Crippen LogP contribution in [-0.4, -0.2) is 8.42 Å². The molecule has 0 atom stereocenters. The Morgan fingerprint density at radius 3 is 2.55 bits per heavy atom. The van der Waals surface area contributed by atoms with E-state index >= 15 is 0 Å². The lowest BCUT2D eigenvalue weighted by atomic mass is 10.3. The highest BCUT2D eigenvalue weighted by atomic mass is 79.9. The number of halogens is 3. The lowest BCUT2D eigenvalue weighted by molar-refractivity contribution is 0.484. The van der Waals surface area contributed by atoms with Crippen molar-refractivity contribution in [1.82, 2.24) is 0 Å². The first kappa shape index (κ1) is 15.5. The van der Waals surface area contributed by atoms with Crippen molar-refractivity contribution in [1.29, 1.82) is 0 Å². The molecule has 0 amide bonds. The van der Waals surface area contributed by atoms with Crippen molar-refractivity contribution in [2.24, 2.45) is 5.73 Å². The first-order chi connectivity index (χ1) is 9.33. The van der Waals surface area contributed by atoms with Crippen molar-refractivity contribution in [3.05, 3.63) is 45.0 Å². The molecule has 20 heavy (non-hydrogen) atoms. The molecule has 0 fully saturated rings. The van der Waals surface area contributed by atoms with Crippen molar-refractivity contribution < 1.29 is 17.2 Å². The summed E-state index contributed by atoms with van der Waals surface area (Å²) < 4.78 is 45.2. The SMILES string of the molecule is NCc1cc(S(=O)(=O)Nc2ccc(F)c(Br)c2)c(Br)o1. The Labute approximate surface area is 131 Å². The Kier molecular flexibility index (Phi) is 4.52. The van der Waals surface area contributed by atoms with E-state index in [1.165, 1.54) is 18.2 Å². The zero-order chi connectivity index (χ0) is 14.9. The molecule has 0 unspecified atom stereocenters. The van der Waals surface area contributed by atoms with Gasteiger partial charge < -0.3 is 10.2 Å². The maximum Gasteiger partial charge on any atom is 0.266 e. The summed E-state index contributed by atoms with van der Waals surface area (Å²) in [4.78, 5) is -0.0709. The van der Waals surface area contributed by atoms with Crippen LogP contribution in [-0.2, 0) is 16.6 Å². The van der Waals surface area contributed by atoms with Crippen LogP contribution in [0.4, 0.5) is 10.1 Å². The summed E-state index contributed by atoms with van der Waals surface area (Å²) >= 11 is 6.01. The normalized spacial score (nSPS) is 11.6. The summed E-state index contributed by atoms with van der Waals surface area (Å²) in [5.74, 6) is -0.152. The van der Waals surface area contributed by atoms with E-state index in [-0.39, 0.29) is 26.3 Å². The highest BCUT2D eigenvalue weighted by Crippen LogP contribution is 2.28. The summed E-state index contributed by atoms with van der Waals surface area (Å²) in [5, 5.41) is 0. The van der Waals surface area contributed by atoms with Gasteiger partial charge in [0.1, 0.15) is 16.5 Å². The van der Waals surface area contributed by atoms with E-state index in [2.05, 4.69) is 36.6 Å². The van der Waals surface area contributed by atoms with Gasteiger partial charge in [-0.15, -0.1) is 0 Å². The van der Waals surface area contributed by atoms with Crippen LogP contribution in [0.25, 0.3) is 0 Å². The third-order valence-corrected chi connectivity index (χ3v) is 5.21. The van der Waals surface area contributed by atoms with Crippen LogP contribution in [0.3, 0.4) is 0 Å². The number of nitrogens with two attached hydrogens (primary N) is 1. The summed E-state index contributed by atoms with van der Waals surface area (Å²) in [7, 11) is -3.85. The first-order valence-corrected chi connectivity index (χ1v) is 8.36. The molecule has 2 aromatic rings. The van der Waals surface area contributed by atoms with Gasteiger partial charge in [0, 0.05) is 6.07 Å². The molecule has 108 valence electrons. The minimum Gasteiger partial charge on any atom is -0.452 e. The molecule has 0 aliphatic rings. The largest absolute Gasteiger partial charge is 0.452 e. The minimum absolute atomic E-state index is 0.0617. The van der Waals surface area contributed by atoms with Crippen LogP contribution in [0, 0.1) is 5.82 Å².